The van der Waals surface area contributed by atoms with Gasteiger partial charge < -0.3 is 34.6 Å². The van der Waals surface area contributed by atoms with Crippen molar-refractivity contribution in [2.75, 3.05) is 9.80 Å². The maximum absolute atomic E-state index is 3.70. The maximum Gasteiger partial charge on any atom is -1.00 e. The van der Waals surface area contributed by atoms with Crippen molar-refractivity contribution in [3.63, 3.8) is 0 Å². The van der Waals surface area contributed by atoms with E-state index >= 15 is 0 Å². The van der Waals surface area contributed by atoms with Gasteiger partial charge in [0, 0.05) is 22.8 Å². The van der Waals surface area contributed by atoms with Crippen molar-refractivity contribution in [3.8, 4) is 0 Å². The van der Waals surface area contributed by atoms with E-state index in [-0.39, 0.29) is 24.8 Å². The van der Waals surface area contributed by atoms with Crippen molar-refractivity contribution < 1.29 is 49.0 Å². The van der Waals surface area contributed by atoms with Crippen molar-refractivity contribution in [2.24, 2.45) is 11.8 Å². The molecule has 2 atom stereocenters. The monoisotopic (exact) mass is 786 g/mol. The fourth-order valence-electron chi connectivity index (χ4n) is 6.61. The Morgan fingerprint density at radius 1 is 0.560 bits per heavy atom. The van der Waals surface area contributed by atoms with Gasteiger partial charge in [-0.1, -0.05) is 151 Å². The first-order chi connectivity index (χ1) is 23.4. The minimum atomic E-state index is 0. The van der Waals surface area contributed by atoms with Gasteiger partial charge in [-0.15, -0.1) is 0 Å². The second kappa shape index (κ2) is 23.4. The number of hydrogen-bond donors (Lipinski definition) is 0. The Morgan fingerprint density at radius 3 is 1.20 bits per heavy atom. The van der Waals surface area contributed by atoms with E-state index in [1.54, 1.807) is 24.2 Å². The molecule has 2 aromatic carbocycles. The SMILES string of the molecule is CCCCC1=[C-]C2C=C(CCCC)N(c3ccccc3)C2=C1.CCCCC1=[C-]C2C=C(CCCC)N(c3ccccc3)C2=C1.C[C](C)=[Zr+2].[Cl-].[Cl-]. The molecule has 2 aliphatic heterocycles. The Labute approximate surface area is 332 Å². The fraction of sp³-hybridized carbons (Fsp3) is 0.444. The van der Waals surface area contributed by atoms with E-state index in [1.165, 1.54) is 99.9 Å². The van der Waals surface area contributed by atoms with Gasteiger partial charge in [0.1, 0.15) is 0 Å². The number of fused-ring (bicyclic) bond motifs is 2. The van der Waals surface area contributed by atoms with Crippen molar-refractivity contribution in [2.45, 2.75) is 119 Å². The summed E-state index contributed by atoms with van der Waals surface area (Å²) < 4.78 is 1.51. The van der Waals surface area contributed by atoms with E-state index in [1.807, 2.05) is 0 Å². The van der Waals surface area contributed by atoms with Crippen LogP contribution < -0.4 is 34.6 Å². The van der Waals surface area contributed by atoms with E-state index in [0.717, 1.165) is 25.7 Å². The molecule has 5 heteroatoms. The molecule has 268 valence electrons. The molecular formula is C45H58Cl2N2Zr-2. The number of allylic oxidation sites excluding steroid dienone is 8. The van der Waals surface area contributed by atoms with Crippen molar-refractivity contribution >= 4 is 14.6 Å². The summed E-state index contributed by atoms with van der Waals surface area (Å²) in [5, 5.41) is 0. The van der Waals surface area contributed by atoms with Crippen LogP contribution in [-0.2, 0) is 24.2 Å². The summed E-state index contributed by atoms with van der Waals surface area (Å²) in [5.74, 6) is 0.748. The van der Waals surface area contributed by atoms with Crippen LogP contribution in [0.15, 0.2) is 119 Å². The van der Waals surface area contributed by atoms with E-state index in [9.17, 15) is 0 Å². The molecule has 0 bridgehead atoms. The summed E-state index contributed by atoms with van der Waals surface area (Å²) in [4.78, 5) is 4.93. The van der Waals surface area contributed by atoms with Crippen LogP contribution in [0.1, 0.15) is 119 Å². The second-order valence-electron chi connectivity index (χ2n) is 13.5. The van der Waals surface area contributed by atoms with Crippen LogP contribution in [0, 0.1) is 24.0 Å². The molecular weight excluding hydrogens is 731 g/mol. The Balaban J connectivity index is 0.000000303. The van der Waals surface area contributed by atoms with Gasteiger partial charge in [0.2, 0.25) is 0 Å². The number of hydrogen-bond acceptors (Lipinski definition) is 2. The first-order valence-electron chi connectivity index (χ1n) is 18.7. The molecule has 0 fully saturated rings. The van der Waals surface area contributed by atoms with Gasteiger partial charge in [0.25, 0.3) is 0 Å². The quantitative estimate of drug-likeness (QED) is 0.195. The first kappa shape index (κ1) is 44.0. The number of para-hydroxylation sites is 2. The average molecular weight is 789 g/mol. The number of halogens is 2. The minimum absolute atomic E-state index is 0. The number of unbranched alkanes of at least 4 members (excludes halogenated alkanes) is 4. The Bertz CT molecular complexity index is 1400. The van der Waals surface area contributed by atoms with Crippen LogP contribution in [0.5, 0.6) is 0 Å². The third-order valence-corrected chi connectivity index (χ3v) is 8.97. The first-order valence-corrected chi connectivity index (χ1v) is 19.9. The number of anilines is 2. The van der Waals surface area contributed by atoms with Crippen LogP contribution in [-0.4, -0.2) is 3.21 Å². The topological polar surface area (TPSA) is 6.48 Å². The molecule has 2 aromatic rings. The van der Waals surface area contributed by atoms with Gasteiger partial charge in [0.05, 0.1) is 0 Å². The molecule has 2 aliphatic carbocycles. The fourth-order valence-corrected chi connectivity index (χ4v) is 6.61. The van der Waals surface area contributed by atoms with Gasteiger partial charge in [-0.2, -0.15) is 12.2 Å². The minimum Gasteiger partial charge on any atom is -1.00 e. The second-order valence-corrected chi connectivity index (χ2v) is 16.0. The zero-order valence-corrected chi connectivity index (χ0v) is 35.3. The number of nitrogens with zero attached hydrogens (tertiary/aromatic N) is 2. The summed E-state index contributed by atoms with van der Waals surface area (Å²) in [5.41, 5.74) is 11.1. The van der Waals surface area contributed by atoms with Crippen LogP contribution in [0.3, 0.4) is 0 Å². The van der Waals surface area contributed by atoms with E-state index in [2.05, 4.69) is 148 Å². The van der Waals surface area contributed by atoms with Crippen molar-refractivity contribution in [1.82, 2.24) is 0 Å². The molecule has 2 nitrogen and oxygen atoms in total. The molecule has 0 amide bonds. The van der Waals surface area contributed by atoms with E-state index < -0.39 is 0 Å². The zero-order valence-electron chi connectivity index (χ0n) is 31.4. The van der Waals surface area contributed by atoms with E-state index in [0.29, 0.717) is 11.8 Å². The molecule has 0 N–H and O–H groups in total. The van der Waals surface area contributed by atoms with Gasteiger partial charge >= 0.3 is 41.3 Å². The van der Waals surface area contributed by atoms with Gasteiger partial charge in [0.15, 0.2) is 0 Å². The molecule has 2 unspecified atom stereocenters. The predicted molar refractivity (Wildman–Crippen MR) is 205 cm³/mol. The number of rotatable bonds is 14. The van der Waals surface area contributed by atoms with Crippen LogP contribution in [0.2, 0.25) is 0 Å². The van der Waals surface area contributed by atoms with Gasteiger partial charge in [-0.05, 0) is 49.9 Å². The smallest absolute Gasteiger partial charge is 1.00 e. The molecule has 6 rings (SSSR count). The third-order valence-electron chi connectivity index (χ3n) is 8.97. The predicted octanol–water partition coefficient (Wildman–Crippen LogP) is 6.78. The Hall–Kier alpha value is -2.19. The third kappa shape index (κ3) is 12.5. The molecule has 2 heterocycles. The molecule has 0 spiro atoms. The normalized spacial score (nSPS) is 18.0. The van der Waals surface area contributed by atoms with Gasteiger partial charge in [-0.3, -0.25) is 12.2 Å². The maximum atomic E-state index is 3.70. The molecule has 0 radical (unpaired) electrons. The molecule has 50 heavy (non-hydrogen) atoms. The van der Waals surface area contributed by atoms with Crippen LogP contribution in [0.4, 0.5) is 11.4 Å². The summed E-state index contributed by atoms with van der Waals surface area (Å²) in [7, 11) is 0. The van der Waals surface area contributed by atoms with Gasteiger partial charge in [-0.25, -0.2) is 11.1 Å². The average Bonchev–Trinajstić information content (AvgIpc) is 3.84. The summed E-state index contributed by atoms with van der Waals surface area (Å²) in [6, 6.07) is 21.6. The largest absolute Gasteiger partial charge is 1.00 e. The van der Waals surface area contributed by atoms with Crippen molar-refractivity contribution in [3.05, 3.63) is 131 Å². The van der Waals surface area contributed by atoms with Crippen LogP contribution >= 0.6 is 0 Å². The summed E-state index contributed by atoms with van der Waals surface area (Å²) in [6.07, 6.45) is 31.7. The molecule has 4 aliphatic rings. The van der Waals surface area contributed by atoms with E-state index in [4.69, 9.17) is 0 Å². The Kier molecular flexibility index (Phi) is 20.6. The molecule has 0 saturated carbocycles. The molecule has 0 saturated heterocycles. The summed E-state index contributed by atoms with van der Waals surface area (Å²) in [6.45, 7) is 13.3. The summed E-state index contributed by atoms with van der Waals surface area (Å²) >= 11 is 1.55. The molecule has 0 aromatic heterocycles. The van der Waals surface area contributed by atoms with Crippen molar-refractivity contribution in [1.29, 1.82) is 0 Å². The zero-order chi connectivity index (χ0) is 34.3. The number of benzene rings is 2. The standard InChI is InChI=1S/2C21H26N.C3H6.2ClH.Zr/c2*1-3-5-10-17-14-18-16-20(11-6-4-2)22(21(18)15-17)19-12-8-7-9-13-19;1-3-2;;;/h2*7-9,12-13,15-16,18H,3-6,10-11H2,1-2H3;1-2H3;2*1H;/q2*-1;;;;+2/p-2. The Morgan fingerprint density at radius 2 is 0.880 bits per heavy atom. The van der Waals surface area contributed by atoms with Crippen LogP contribution in [0.25, 0.3) is 0 Å².